The summed E-state index contributed by atoms with van der Waals surface area (Å²) < 4.78 is 27.2. The van der Waals surface area contributed by atoms with Crippen molar-refractivity contribution in [3.63, 3.8) is 0 Å². The zero-order valence-electron chi connectivity index (χ0n) is 34.6. The zero-order chi connectivity index (χ0) is 40.8. The number of fused-ring (bicyclic) bond motifs is 6. The molecule has 8 rings (SSSR count). The van der Waals surface area contributed by atoms with Crippen molar-refractivity contribution in [3.8, 4) is 0 Å². The smallest absolute Gasteiger partial charge is 0.357 e. The number of rotatable bonds is 12. The number of esters is 2. The van der Waals surface area contributed by atoms with Crippen LogP contribution in [0.2, 0.25) is 0 Å². The van der Waals surface area contributed by atoms with E-state index >= 15 is 0 Å². The Labute approximate surface area is 339 Å². The van der Waals surface area contributed by atoms with Gasteiger partial charge in [0.25, 0.3) is 0 Å². The Hall–Kier alpha value is -4.92. The third-order valence-corrected chi connectivity index (χ3v) is 10.9. The van der Waals surface area contributed by atoms with Gasteiger partial charge >= 0.3 is 11.9 Å². The van der Waals surface area contributed by atoms with Gasteiger partial charge in [-0.2, -0.15) is 0 Å². The summed E-state index contributed by atoms with van der Waals surface area (Å²) in [5.41, 5.74) is 8.57. The summed E-state index contributed by atoms with van der Waals surface area (Å²) >= 11 is 0. The highest BCUT2D eigenvalue weighted by Crippen LogP contribution is 2.35. The van der Waals surface area contributed by atoms with E-state index in [0.717, 1.165) is 94.0 Å². The van der Waals surface area contributed by atoms with Gasteiger partial charge in [0.1, 0.15) is 0 Å². The maximum atomic E-state index is 12.5. The van der Waals surface area contributed by atoms with Gasteiger partial charge in [0.15, 0.2) is 11.4 Å². The van der Waals surface area contributed by atoms with Crippen LogP contribution < -0.4 is 0 Å². The molecule has 58 heavy (non-hydrogen) atoms. The molecule has 2 aliphatic rings. The molecule has 0 amide bonds. The van der Waals surface area contributed by atoms with E-state index in [4.69, 9.17) is 23.7 Å². The molecule has 0 radical (unpaired) electrons. The van der Waals surface area contributed by atoms with Crippen molar-refractivity contribution >= 4 is 55.6 Å². The highest BCUT2D eigenvalue weighted by atomic mass is 16.5. The van der Waals surface area contributed by atoms with Gasteiger partial charge in [-0.25, -0.2) is 19.6 Å². The van der Waals surface area contributed by atoms with Crippen LogP contribution in [0.25, 0.3) is 43.6 Å². The van der Waals surface area contributed by atoms with Gasteiger partial charge in [-0.1, -0.05) is 30.7 Å². The summed E-state index contributed by atoms with van der Waals surface area (Å²) in [6, 6.07) is 12.6. The molecule has 2 unspecified atom stereocenters. The van der Waals surface area contributed by atoms with Crippen LogP contribution in [0.3, 0.4) is 0 Å². The van der Waals surface area contributed by atoms with E-state index in [2.05, 4.69) is 80.0 Å². The largest absolute Gasteiger partial charge is 0.461 e. The minimum Gasteiger partial charge on any atom is -0.461 e. The standard InChI is InChI=1S/C23H29N3O4.C22H27N3O3/c1-5-29-23(27)22-17(13-28-4)21-19(9-24-22)25-18-8-6-7-16(20(18)21)12-26-10-14(2)30-15(3)11-26;1-3-28-22(26)21-16(14-27-2)20-18(12-23-21)24-17-9-7-8-15(19(17)20)13-25-10-5-4-6-11-25/h6-9,14-15,25H,5,10-13H2,1-4H3;7-9,12,24H,3-6,10-11,13-14H2,1-2H3. The Balaban J connectivity index is 0.000000177. The minimum atomic E-state index is -0.422. The van der Waals surface area contributed by atoms with Crippen molar-refractivity contribution in [1.82, 2.24) is 29.7 Å². The first-order valence-corrected chi connectivity index (χ1v) is 20.5. The normalized spacial score (nSPS) is 17.8. The van der Waals surface area contributed by atoms with Gasteiger partial charge in [-0.15, -0.1) is 0 Å². The number of ether oxygens (including phenoxy) is 5. The zero-order valence-corrected chi connectivity index (χ0v) is 34.6. The van der Waals surface area contributed by atoms with Gasteiger partial charge in [-0.05, 0) is 76.9 Å². The molecule has 13 nitrogen and oxygen atoms in total. The van der Waals surface area contributed by atoms with E-state index in [1.807, 2.05) is 0 Å². The number of carbonyl (C=O) groups excluding carboxylic acids is 2. The number of H-pyrrole nitrogens is 2. The Morgan fingerprint density at radius 1 is 0.672 bits per heavy atom. The van der Waals surface area contributed by atoms with Gasteiger partial charge in [0, 0.05) is 84.1 Å². The van der Waals surface area contributed by atoms with Crippen LogP contribution in [0, 0.1) is 0 Å². The Morgan fingerprint density at radius 2 is 1.14 bits per heavy atom. The number of pyridine rings is 2. The average molecular weight is 793 g/mol. The summed E-state index contributed by atoms with van der Waals surface area (Å²) in [5, 5.41) is 4.26. The molecule has 0 bridgehead atoms. The lowest BCUT2D eigenvalue weighted by Crippen LogP contribution is -2.44. The first kappa shape index (κ1) is 41.2. The first-order valence-electron chi connectivity index (χ1n) is 20.5. The van der Waals surface area contributed by atoms with E-state index in [1.165, 1.54) is 30.4 Å². The second-order valence-electron chi connectivity index (χ2n) is 15.3. The molecule has 2 N–H and O–H groups in total. The minimum absolute atomic E-state index is 0.208. The molecule has 2 aromatic carbocycles. The molecule has 4 aromatic heterocycles. The SMILES string of the molecule is CCOC(=O)c1ncc2[nH]c3cccc(CN4CC(C)OC(C)C4)c3c2c1COC.CCOC(=O)c1ncc2[nH]c3cccc(CN4CCCCC4)c3c2c1COC. The maximum absolute atomic E-state index is 12.5. The van der Waals surface area contributed by atoms with Crippen molar-refractivity contribution in [2.75, 3.05) is 53.6 Å². The number of aromatic nitrogens is 4. The fourth-order valence-electron chi connectivity index (χ4n) is 8.75. The van der Waals surface area contributed by atoms with Crippen LogP contribution in [-0.2, 0) is 50.0 Å². The summed E-state index contributed by atoms with van der Waals surface area (Å²) in [6.07, 6.45) is 7.69. The molecule has 0 aliphatic carbocycles. The summed E-state index contributed by atoms with van der Waals surface area (Å²) in [5.74, 6) is -0.826. The molecule has 0 saturated carbocycles. The van der Waals surface area contributed by atoms with E-state index in [0.29, 0.717) is 31.2 Å². The second kappa shape index (κ2) is 18.8. The molecule has 2 aliphatic heterocycles. The van der Waals surface area contributed by atoms with E-state index in [9.17, 15) is 9.59 Å². The monoisotopic (exact) mass is 792 g/mol. The predicted octanol–water partition coefficient (Wildman–Crippen LogP) is 7.67. The number of benzene rings is 2. The van der Waals surface area contributed by atoms with E-state index < -0.39 is 11.9 Å². The number of likely N-dealkylation sites (tertiary alicyclic amines) is 1. The third-order valence-electron chi connectivity index (χ3n) is 10.9. The number of morpholine rings is 1. The number of hydrogen-bond donors (Lipinski definition) is 2. The summed E-state index contributed by atoms with van der Waals surface area (Å²) in [4.78, 5) is 45.7. The van der Waals surface area contributed by atoms with Crippen molar-refractivity contribution in [3.05, 3.63) is 82.4 Å². The average Bonchev–Trinajstić information content (AvgIpc) is 3.79. The van der Waals surface area contributed by atoms with Crippen LogP contribution in [0.1, 0.15) is 90.2 Å². The number of hydrogen-bond acceptors (Lipinski definition) is 11. The molecule has 2 saturated heterocycles. The van der Waals surface area contributed by atoms with Crippen LogP contribution in [0.5, 0.6) is 0 Å². The maximum Gasteiger partial charge on any atom is 0.357 e. The lowest BCUT2D eigenvalue weighted by atomic mass is 10.0. The van der Waals surface area contributed by atoms with Gasteiger partial charge in [0.05, 0.1) is 62.1 Å². The second-order valence-corrected chi connectivity index (χ2v) is 15.3. The fourth-order valence-corrected chi connectivity index (χ4v) is 8.75. The third kappa shape index (κ3) is 8.74. The number of nitrogens with one attached hydrogen (secondary N) is 2. The summed E-state index contributed by atoms with van der Waals surface area (Å²) in [6.45, 7) is 14.8. The molecular formula is C45H56N6O7. The fraction of sp³-hybridized carbons (Fsp3) is 0.467. The van der Waals surface area contributed by atoms with Crippen molar-refractivity contribution in [1.29, 1.82) is 0 Å². The molecule has 308 valence electrons. The highest BCUT2D eigenvalue weighted by Gasteiger charge is 2.26. The molecule has 2 atom stereocenters. The first-order chi connectivity index (χ1) is 28.2. The van der Waals surface area contributed by atoms with Crippen LogP contribution >= 0.6 is 0 Å². The van der Waals surface area contributed by atoms with Crippen molar-refractivity contribution in [2.45, 2.75) is 85.5 Å². The van der Waals surface area contributed by atoms with Crippen LogP contribution in [0.4, 0.5) is 0 Å². The number of aromatic amines is 2. The van der Waals surface area contributed by atoms with Gasteiger partial charge in [-0.3, -0.25) is 9.80 Å². The number of piperidine rings is 1. The lowest BCUT2D eigenvalue weighted by Gasteiger charge is -2.35. The quantitative estimate of drug-likeness (QED) is 0.118. The molecule has 0 spiro atoms. The van der Waals surface area contributed by atoms with Gasteiger partial charge < -0.3 is 33.7 Å². The predicted molar refractivity (Wildman–Crippen MR) is 225 cm³/mol. The molecule has 2 fully saturated rings. The molecule has 6 heterocycles. The van der Waals surface area contributed by atoms with Crippen LogP contribution in [-0.4, -0.2) is 107 Å². The number of methoxy groups -OCH3 is 2. The highest BCUT2D eigenvalue weighted by molar-refractivity contribution is 6.13. The van der Waals surface area contributed by atoms with Crippen LogP contribution in [0.15, 0.2) is 48.8 Å². The number of carbonyl (C=O) groups is 2. The molecular weight excluding hydrogens is 737 g/mol. The Bertz CT molecular complexity index is 2370. The summed E-state index contributed by atoms with van der Waals surface area (Å²) in [7, 11) is 3.26. The van der Waals surface area contributed by atoms with Crippen molar-refractivity contribution in [2.24, 2.45) is 0 Å². The molecule has 13 heteroatoms. The van der Waals surface area contributed by atoms with Crippen molar-refractivity contribution < 1.29 is 33.3 Å². The Morgan fingerprint density at radius 3 is 1.59 bits per heavy atom. The Kier molecular flexibility index (Phi) is 13.4. The number of nitrogens with zero attached hydrogens (tertiary/aromatic N) is 4. The van der Waals surface area contributed by atoms with E-state index in [-0.39, 0.29) is 18.8 Å². The lowest BCUT2D eigenvalue weighted by molar-refractivity contribution is -0.0703. The topological polar surface area (TPSA) is 144 Å². The molecule has 6 aromatic rings. The van der Waals surface area contributed by atoms with Gasteiger partial charge in [0.2, 0.25) is 0 Å². The van der Waals surface area contributed by atoms with E-state index in [1.54, 1.807) is 40.5 Å².